The van der Waals surface area contributed by atoms with Crippen molar-refractivity contribution in [2.75, 3.05) is 0 Å². The molecule has 1 saturated heterocycles. The van der Waals surface area contributed by atoms with Gasteiger partial charge < -0.3 is 9.84 Å². The molecule has 0 aromatic rings. The van der Waals surface area contributed by atoms with Gasteiger partial charge in [0.25, 0.3) is 0 Å². The van der Waals surface area contributed by atoms with E-state index in [-0.39, 0.29) is 11.7 Å². The van der Waals surface area contributed by atoms with E-state index in [2.05, 4.69) is 0 Å². The average Bonchev–Trinajstić information content (AvgIpc) is 1.79. The van der Waals surface area contributed by atoms with Gasteiger partial charge in [0, 0.05) is 12.3 Å². The van der Waals surface area contributed by atoms with Gasteiger partial charge in [0.1, 0.15) is 5.78 Å². The molecule has 1 N–H and O–H groups in total. The first-order valence-electron chi connectivity index (χ1n) is 4.68. The van der Waals surface area contributed by atoms with Gasteiger partial charge in [0.15, 0.2) is 5.79 Å². The Morgan fingerprint density at radius 2 is 2.00 bits per heavy atom. The van der Waals surface area contributed by atoms with E-state index in [1.807, 2.05) is 13.8 Å². The molecule has 0 aromatic carbocycles. The molecule has 1 aliphatic rings. The van der Waals surface area contributed by atoms with Crippen molar-refractivity contribution in [2.24, 2.45) is 5.92 Å². The lowest BCUT2D eigenvalue weighted by Gasteiger charge is -2.44. The number of aliphatic hydroxyl groups is 1. The molecule has 1 rings (SSSR count). The van der Waals surface area contributed by atoms with Crippen molar-refractivity contribution in [3.63, 3.8) is 0 Å². The highest BCUT2D eigenvalue weighted by molar-refractivity contribution is 5.79. The van der Waals surface area contributed by atoms with Crippen LogP contribution in [0.15, 0.2) is 0 Å². The van der Waals surface area contributed by atoms with Crippen LogP contribution < -0.4 is 0 Å². The van der Waals surface area contributed by atoms with Crippen molar-refractivity contribution in [2.45, 2.75) is 51.9 Å². The second kappa shape index (κ2) is 3.07. The summed E-state index contributed by atoms with van der Waals surface area (Å²) in [4.78, 5) is 11.3. The highest BCUT2D eigenvalue weighted by atomic mass is 16.6. The number of Topliss-reactive ketones (excluding diaryl/α,β-unsaturated/α-hetero) is 1. The van der Waals surface area contributed by atoms with E-state index in [0.29, 0.717) is 12.8 Å². The smallest absolute Gasteiger partial charge is 0.163 e. The normalized spacial score (nSPS) is 38.7. The summed E-state index contributed by atoms with van der Waals surface area (Å²) in [6, 6.07) is 0. The zero-order valence-corrected chi connectivity index (χ0v) is 8.76. The summed E-state index contributed by atoms with van der Waals surface area (Å²) in [5.74, 6) is -1.02. The molecule has 0 saturated carbocycles. The Morgan fingerprint density at radius 3 is 2.38 bits per heavy atom. The molecule has 2 unspecified atom stereocenters. The fourth-order valence-corrected chi connectivity index (χ4v) is 2.14. The average molecular weight is 186 g/mol. The quantitative estimate of drug-likeness (QED) is 0.675. The summed E-state index contributed by atoms with van der Waals surface area (Å²) >= 11 is 0. The monoisotopic (exact) mass is 186 g/mol. The minimum Gasteiger partial charge on any atom is -0.366 e. The predicted octanol–water partition coefficient (Wildman–Crippen LogP) is 1.49. The van der Waals surface area contributed by atoms with Gasteiger partial charge in [-0.3, -0.25) is 4.79 Å². The third kappa shape index (κ3) is 2.29. The first-order valence-corrected chi connectivity index (χ1v) is 4.68. The standard InChI is InChI=1S/C10H18O3/c1-7(11)8-5-6-10(4,12)13-9(8,2)3/h8,12H,5-6H2,1-4H3. The first kappa shape index (κ1) is 10.7. The second-order valence-electron chi connectivity index (χ2n) is 4.58. The van der Waals surface area contributed by atoms with Crippen molar-refractivity contribution in [1.29, 1.82) is 0 Å². The van der Waals surface area contributed by atoms with E-state index < -0.39 is 11.4 Å². The number of rotatable bonds is 1. The molecule has 3 nitrogen and oxygen atoms in total. The van der Waals surface area contributed by atoms with Crippen molar-refractivity contribution in [1.82, 2.24) is 0 Å². The van der Waals surface area contributed by atoms with Crippen LogP contribution in [-0.4, -0.2) is 22.3 Å². The van der Waals surface area contributed by atoms with Gasteiger partial charge in [0.2, 0.25) is 0 Å². The highest BCUT2D eigenvalue weighted by Gasteiger charge is 2.44. The van der Waals surface area contributed by atoms with Crippen LogP contribution in [0.1, 0.15) is 40.5 Å². The summed E-state index contributed by atoms with van der Waals surface area (Å²) in [5.41, 5.74) is -0.548. The van der Waals surface area contributed by atoms with Crippen LogP contribution in [0.4, 0.5) is 0 Å². The Bertz CT molecular complexity index is 218. The summed E-state index contributed by atoms with van der Waals surface area (Å²) in [6.07, 6.45) is 1.23. The highest BCUT2D eigenvalue weighted by Crippen LogP contribution is 2.38. The minimum atomic E-state index is -1.07. The Hall–Kier alpha value is -0.410. The molecular weight excluding hydrogens is 168 g/mol. The van der Waals surface area contributed by atoms with E-state index in [1.54, 1.807) is 13.8 Å². The van der Waals surface area contributed by atoms with Crippen molar-refractivity contribution in [3.8, 4) is 0 Å². The van der Waals surface area contributed by atoms with Crippen molar-refractivity contribution >= 4 is 5.78 Å². The lowest BCUT2D eigenvalue weighted by Crippen LogP contribution is -2.51. The fourth-order valence-electron chi connectivity index (χ4n) is 2.14. The van der Waals surface area contributed by atoms with Crippen LogP contribution in [0.2, 0.25) is 0 Å². The van der Waals surface area contributed by atoms with E-state index in [1.165, 1.54) is 0 Å². The lowest BCUT2D eigenvalue weighted by atomic mass is 9.80. The van der Waals surface area contributed by atoms with E-state index >= 15 is 0 Å². The van der Waals surface area contributed by atoms with Crippen LogP contribution >= 0.6 is 0 Å². The summed E-state index contributed by atoms with van der Waals surface area (Å²) < 4.78 is 5.47. The molecule has 0 amide bonds. The SMILES string of the molecule is CC(=O)C1CCC(C)(O)OC1(C)C. The zero-order valence-electron chi connectivity index (χ0n) is 8.76. The van der Waals surface area contributed by atoms with Crippen LogP contribution in [0, 0.1) is 5.92 Å². The maximum atomic E-state index is 11.3. The Kier molecular flexibility index (Phi) is 2.52. The molecule has 13 heavy (non-hydrogen) atoms. The Morgan fingerprint density at radius 1 is 1.46 bits per heavy atom. The van der Waals surface area contributed by atoms with E-state index in [0.717, 1.165) is 0 Å². The van der Waals surface area contributed by atoms with Gasteiger partial charge in [-0.25, -0.2) is 0 Å². The third-order valence-corrected chi connectivity index (χ3v) is 2.71. The number of carbonyl (C=O) groups excluding carboxylic acids is 1. The molecule has 1 fully saturated rings. The Balaban J connectivity index is 2.79. The van der Waals surface area contributed by atoms with E-state index in [4.69, 9.17) is 4.74 Å². The maximum absolute atomic E-state index is 11.3. The van der Waals surface area contributed by atoms with E-state index in [9.17, 15) is 9.90 Å². The predicted molar refractivity (Wildman–Crippen MR) is 49.2 cm³/mol. The van der Waals surface area contributed by atoms with Crippen LogP contribution in [0.5, 0.6) is 0 Å². The van der Waals surface area contributed by atoms with Crippen LogP contribution in [0.25, 0.3) is 0 Å². The molecule has 1 heterocycles. The molecule has 0 spiro atoms. The molecular formula is C10H18O3. The summed E-state index contributed by atoms with van der Waals surface area (Å²) in [5, 5.41) is 9.68. The van der Waals surface area contributed by atoms with Crippen molar-refractivity contribution in [3.05, 3.63) is 0 Å². The zero-order chi connectivity index (χ0) is 10.3. The molecule has 1 aliphatic heterocycles. The number of ketones is 1. The number of ether oxygens (including phenoxy) is 1. The van der Waals surface area contributed by atoms with Gasteiger partial charge in [-0.05, 0) is 34.1 Å². The summed E-state index contributed by atoms with van der Waals surface area (Å²) in [6.45, 7) is 6.93. The second-order valence-corrected chi connectivity index (χ2v) is 4.58. The fraction of sp³-hybridized carbons (Fsp3) is 0.900. The van der Waals surface area contributed by atoms with Gasteiger partial charge >= 0.3 is 0 Å². The number of hydrogen-bond donors (Lipinski definition) is 1. The molecule has 76 valence electrons. The van der Waals surface area contributed by atoms with Gasteiger partial charge in [-0.15, -0.1) is 0 Å². The number of carbonyl (C=O) groups is 1. The largest absolute Gasteiger partial charge is 0.366 e. The van der Waals surface area contributed by atoms with Crippen molar-refractivity contribution < 1.29 is 14.6 Å². The third-order valence-electron chi connectivity index (χ3n) is 2.71. The maximum Gasteiger partial charge on any atom is 0.163 e. The molecule has 0 aromatic heterocycles. The summed E-state index contributed by atoms with van der Waals surface area (Å²) in [7, 11) is 0. The van der Waals surface area contributed by atoms with Gasteiger partial charge in [0.05, 0.1) is 5.60 Å². The minimum absolute atomic E-state index is 0.0901. The molecule has 2 atom stereocenters. The van der Waals surface area contributed by atoms with Gasteiger partial charge in [-0.2, -0.15) is 0 Å². The topological polar surface area (TPSA) is 46.5 Å². The molecule has 0 aliphatic carbocycles. The lowest BCUT2D eigenvalue weighted by molar-refractivity contribution is -0.284. The van der Waals surface area contributed by atoms with Crippen LogP contribution in [-0.2, 0) is 9.53 Å². The molecule has 0 radical (unpaired) electrons. The molecule has 0 bridgehead atoms. The first-order chi connectivity index (χ1) is 5.75. The Labute approximate surface area is 79.1 Å². The molecule has 3 heteroatoms. The van der Waals surface area contributed by atoms with Crippen LogP contribution in [0.3, 0.4) is 0 Å². The van der Waals surface area contributed by atoms with Gasteiger partial charge in [-0.1, -0.05) is 0 Å². The number of hydrogen-bond acceptors (Lipinski definition) is 3.